The van der Waals surface area contributed by atoms with Crippen LogP contribution in [0.1, 0.15) is 21.5 Å². The maximum atomic E-state index is 13.2. The van der Waals surface area contributed by atoms with Crippen LogP contribution in [0.2, 0.25) is 5.02 Å². The quantitative estimate of drug-likeness (QED) is 0.313. The molecule has 0 radical (unpaired) electrons. The van der Waals surface area contributed by atoms with E-state index in [1.165, 1.54) is 37.5 Å². The van der Waals surface area contributed by atoms with Crippen LogP contribution in [0.15, 0.2) is 78.4 Å². The number of para-hydroxylation sites is 1. The molecule has 8 nitrogen and oxygen atoms in total. The summed E-state index contributed by atoms with van der Waals surface area (Å²) >= 11 is 6.02. The molecule has 3 aromatic rings. The van der Waals surface area contributed by atoms with Crippen molar-refractivity contribution in [1.82, 2.24) is 5.32 Å². The van der Waals surface area contributed by atoms with Crippen LogP contribution in [-0.2, 0) is 20.9 Å². The van der Waals surface area contributed by atoms with E-state index in [2.05, 4.69) is 10.1 Å². The summed E-state index contributed by atoms with van der Waals surface area (Å²) in [6, 6.07) is 18.9. The number of carbonyl (C=O) groups is 4. The van der Waals surface area contributed by atoms with Crippen molar-refractivity contribution in [1.29, 1.82) is 0 Å². The molecule has 0 unspecified atom stereocenters. The number of ether oxygens (including phenoxy) is 2. The van der Waals surface area contributed by atoms with Crippen molar-refractivity contribution >= 4 is 47.2 Å². The fourth-order valence-corrected chi connectivity index (χ4v) is 3.64. The lowest BCUT2D eigenvalue weighted by Gasteiger charge is -2.26. The minimum Gasteiger partial charge on any atom is -0.488 e. The first-order valence-corrected chi connectivity index (χ1v) is 10.8. The number of hydrogen-bond acceptors (Lipinski definition) is 6. The molecule has 0 saturated carbocycles. The van der Waals surface area contributed by atoms with E-state index in [1.54, 1.807) is 36.4 Å². The average molecular weight is 491 g/mol. The molecular formula is C26H19ClN2O6. The molecule has 9 heteroatoms. The Kier molecular flexibility index (Phi) is 6.93. The number of urea groups is 1. The van der Waals surface area contributed by atoms with Gasteiger partial charge in [0.2, 0.25) is 0 Å². The van der Waals surface area contributed by atoms with E-state index in [0.29, 0.717) is 16.3 Å². The number of barbiturate groups is 1. The van der Waals surface area contributed by atoms with Crippen LogP contribution < -0.4 is 15.0 Å². The first kappa shape index (κ1) is 23.7. The number of esters is 1. The highest BCUT2D eigenvalue weighted by atomic mass is 35.5. The maximum absolute atomic E-state index is 13.2. The Hall–Kier alpha value is -4.43. The Morgan fingerprint density at radius 3 is 2.46 bits per heavy atom. The number of imide groups is 2. The summed E-state index contributed by atoms with van der Waals surface area (Å²) < 4.78 is 10.6. The zero-order valence-corrected chi connectivity index (χ0v) is 19.2. The molecule has 4 amide bonds. The van der Waals surface area contributed by atoms with Crippen LogP contribution >= 0.6 is 11.6 Å². The molecule has 1 saturated heterocycles. The lowest BCUT2D eigenvalue weighted by atomic mass is 10.1. The number of halogens is 1. The first-order chi connectivity index (χ1) is 16.9. The standard InChI is InChI=1S/C26H19ClN2O6/c1-34-25(32)17-9-11-20(12-10-17)29-24(31)21(23(30)28-26(29)33)14-18-6-2-3-8-22(18)35-15-16-5-4-7-19(27)13-16/h2-14H,15H2,1H3,(H,28,30,33)/b21-14+. The normalized spacial score (nSPS) is 14.6. The zero-order valence-electron chi connectivity index (χ0n) is 18.5. The van der Waals surface area contributed by atoms with Gasteiger partial charge in [0.25, 0.3) is 11.8 Å². The Balaban J connectivity index is 1.62. The van der Waals surface area contributed by atoms with Crippen molar-refractivity contribution in [3.05, 3.63) is 100 Å². The monoisotopic (exact) mass is 490 g/mol. The van der Waals surface area contributed by atoms with E-state index in [9.17, 15) is 19.2 Å². The van der Waals surface area contributed by atoms with E-state index < -0.39 is 23.8 Å². The number of hydrogen-bond donors (Lipinski definition) is 1. The SMILES string of the molecule is COC(=O)c1ccc(N2C(=O)NC(=O)/C(=C\c3ccccc3OCc3cccc(Cl)c3)C2=O)cc1. The second kappa shape index (κ2) is 10.2. The molecule has 3 aromatic carbocycles. The summed E-state index contributed by atoms with van der Waals surface area (Å²) in [5.41, 5.74) is 1.50. The number of anilines is 1. The molecule has 1 aliphatic heterocycles. The number of carbonyl (C=O) groups excluding carboxylic acids is 4. The van der Waals surface area contributed by atoms with E-state index in [1.807, 2.05) is 12.1 Å². The van der Waals surface area contributed by atoms with Gasteiger partial charge in [-0.3, -0.25) is 14.9 Å². The van der Waals surface area contributed by atoms with Crippen molar-refractivity contribution in [3.63, 3.8) is 0 Å². The topological polar surface area (TPSA) is 102 Å². The predicted octanol–water partition coefficient (Wildman–Crippen LogP) is 4.37. The van der Waals surface area contributed by atoms with Crippen LogP contribution in [0.25, 0.3) is 6.08 Å². The van der Waals surface area contributed by atoms with Gasteiger partial charge >= 0.3 is 12.0 Å². The number of nitrogens with zero attached hydrogens (tertiary/aromatic N) is 1. The summed E-state index contributed by atoms with van der Waals surface area (Å²) in [6.07, 6.45) is 1.37. The van der Waals surface area contributed by atoms with Crippen LogP contribution in [-0.4, -0.2) is 30.9 Å². The van der Waals surface area contributed by atoms with E-state index in [-0.39, 0.29) is 23.4 Å². The number of rotatable bonds is 6. The maximum Gasteiger partial charge on any atom is 0.337 e. The highest BCUT2D eigenvalue weighted by Gasteiger charge is 2.37. The van der Waals surface area contributed by atoms with Gasteiger partial charge in [-0.05, 0) is 54.1 Å². The molecule has 0 spiro atoms. The van der Waals surface area contributed by atoms with E-state index >= 15 is 0 Å². The molecular weight excluding hydrogens is 472 g/mol. The lowest BCUT2D eigenvalue weighted by Crippen LogP contribution is -2.54. The van der Waals surface area contributed by atoms with Gasteiger partial charge in [-0.1, -0.05) is 41.9 Å². The van der Waals surface area contributed by atoms with Crippen LogP contribution in [0.5, 0.6) is 5.75 Å². The highest BCUT2D eigenvalue weighted by molar-refractivity contribution is 6.39. The van der Waals surface area contributed by atoms with Gasteiger partial charge in [-0.15, -0.1) is 0 Å². The van der Waals surface area contributed by atoms with Gasteiger partial charge in [0, 0.05) is 10.6 Å². The molecule has 1 N–H and O–H groups in total. The summed E-state index contributed by atoms with van der Waals surface area (Å²) in [7, 11) is 1.25. The average Bonchev–Trinajstić information content (AvgIpc) is 2.85. The summed E-state index contributed by atoms with van der Waals surface area (Å²) in [5.74, 6) is -1.76. The van der Waals surface area contributed by atoms with Crippen LogP contribution in [0, 0.1) is 0 Å². The molecule has 0 aromatic heterocycles. The molecule has 1 heterocycles. The predicted molar refractivity (Wildman–Crippen MR) is 129 cm³/mol. The van der Waals surface area contributed by atoms with Gasteiger partial charge in [0.05, 0.1) is 18.4 Å². The van der Waals surface area contributed by atoms with Crippen LogP contribution in [0.3, 0.4) is 0 Å². The Bertz CT molecular complexity index is 1350. The van der Waals surface area contributed by atoms with Crippen LogP contribution in [0.4, 0.5) is 10.5 Å². The molecule has 0 atom stereocenters. The molecule has 0 aliphatic carbocycles. The third-order valence-electron chi connectivity index (χ3n) is 5.15. The fourth-order valence-electron chi connectivity index (χ4n) is 3.43. The Morgan fingerprint density at radius 1 is 1.00 bits per heavy atom. The van der Waals surface area contributed by atoms with E-state index in [0.717, 1.165) is 10.5 Å². The van der Waals surface area contributed by atoms with Crippen molar-refractivity contribution in [2.75, 3.05) is 12.0 Å². The number of benzene rings is 3. The van der Waals surface area contributed by atoms with Crippen molar-refractivity contribution in [2.45, 2.75) is 6.61 Å². The summed E-state index contributed by atoms with van der Waals surface area (Å²) in [5, 5.41) is 2.75. The molecule has 176 valence electrons. The second-order valence-corrected chi connectivity index (χ2v) is 7.89. The second-order valence-electron chi connectivity index (χ2n) is 7.45. The first-order valence-electron chi connectivity index (χ1n) is 10.4. The van der Waals surface area contributed by atoms with Gasteiger partial charge in [-0.25, -0.2) is 14.5 Å². The third-order valence-corrected chi connectivity index (χ3v) is 5.39. The third kappa shape index (κ3) is 5.23. The van der Waals surface area contributed by atoms with Gasteiger partial charge in [-0.2, -0.15) is 0 Å². The zero-order chi connectivity index (χ0) is 24.9. The smallest absolute Gasteiger partial charge is 0.337 e. The molecule has 1 fully saturated rings. The summed E-state index contributed by atoms with van der Waals surface area (Å²) in [6.45, 7) is 0.220. The highest BCUT2D eigenvalue weighted by Crippen LogP contribution is 2.26. The van der Waals surface area contributed by atoms with Crippen molar-refractivity contribution < 1.29 is 28.7 Å². The van der Waals surface area contributed by atoms with Crippen molar-refractivity contribution in [3.8, 4) is 5.75 Å². The fraction of sp³-hybridized carbons (Fsp3) is 0.0769. The largest absolute Gasteiger partial charge is 0.488 e. The molecule has 35 heavy (non-hydrogen) atoms. The number of nitrogens with one attached hydrogen (secondary N) is 1. The van der Waals surface area contributed by atoms with Crippen molar-refractivity contribution in [2.24, 2.45) is 0 Å². The van der Waals surface area contributed by atoms with E-state index in [4.69, 9.17) is 16.3 Å². The molecule has 0 bridgehead atoms. The lowest BCUT2D eigenvalue weighted by molar-refractivity contribution is -0.122. The molecule has 1 aliphatic rings. The minimum atomic E-state index is -0.895. The van der Waals surface area contributed by atoms with Gasteiger partial charge < -0.3 is 9.47 Å². The number of methoxy groups -OCH3 is 1. The Labute approximate surface area is 205 Å². The number of amides is 4. The Morgan fingerprint density at radius 2 is 1.74 bits per heavy atom. The minimum absolute atomic E-state index is 0.184. The van der Waals surface area contributed by atoms with Gasteiger partial charge in [0.15, 0.2) is 0 Å². The van der Waals surface area contributed by atoms with Gasteiger partial charge in [0.1, 0.15) is 17.9 Å². The summed E-state index contributed by atoms with van der Waals surface area (Å²) in [4.78, 5) is 50.7. The molecule has 4 rings (SSSR count).